The first-order valence-corrected chi connectivity index (χ1v) is 18.9. The van der Waals surface area contributed by atoms with Gasteiger partial charge in [0.15, 0.2) is 17.7 Å². The topological polar surface area (TPSA) is 354 Å². The molecule has 1 aliphatic rings. The number of aliphatic hydroxyl groups is 3. The highest BCUT2D eigenvalue weighted by Crippen LogP contribution is 2.61. The maximum Gasteiger partial charge on any atom is 0.481 e. The lowest BCUT2D eigenvalue weighted by Gasteiger charge is -2.30. The number of amides is 2. The van der Waals surface area contributed by atoms with Crippen LogP contribution in [0.4, 0.5) is 5.82 Å². The van der Waals surface area contributed by atoms with Crippen molar-refractivity contribution >= 4 is 67.3 Å². The van der Waals surface area contributed by atoms with Crippen LogP contribution in [0, 0.1) is 11.3 Å². The van der Waals surface area contributed by atoms with E-state index in [1.165, 1.54) is 31.7 Å². The Balaban J connectivity index is 1.42. The fourth-order valence-corrected chi connectivity index (χ4v) is 7.24. The summed E-state index contributed by atoms with van der Waals surface area (Å²) in [6.45, 7) is 1.79. The molecule has 0 aromatic carbocycles. The number of carbonyl (C=O) groups is 4. The molecule has 1 saturated heterocycles. The monoisotopic (exact) mass is 787 g/mol. The van der Waals surface area contributed by atoms with Crippen molar-refractivity contribution in [2.24, 2.45) is 11.3 Å². The smallest absolute Gasteiger partial charge is 0.481 e. The van der Waals surface area contributed by atoms with Crippen molar-refractivity contribution in [3.05, 3.63) is 12.7 Å². The summed E-state index contributed by atoms with van der Waals surface area (Å²) in [7, 11) is -10.8. The van der Waals surface area contributed by atoms with Gasteiger partial charge >= 0.3 is 21.6 Å². The van der Waals surface area contributed by atoms with Crippen molar-refractivity contribution < 1.29 is 76.6 Å². The summed E-state index contributed by atoms with van der Waals surface area (Å²) in [5.74, 6) is -3.80. The molecule has 8 atom stereocenters. The number of ether oxygens (including phenoxy) is 1. The SMILES string of the molecule is CC(C(=O)O)C(=O)SCCNC(=O)CCNC(=O)C(O)C(C)(C)COP(=O)(O)OP(=O)(O)OCC1OC(n2cnc3c(N)ncnc32)C(O)C1O. The van der Waals surface area contributed by atoms with Crippen LogP contribution in [0.2, 0.25) is 0 Å². The van der Waals surface area contributed by atoms with Gasteiger partial charge in [0.1, 0.15) is 42.2 Å². The minimum Gasteiger partial charge on any atom is -0.481 e. The molecule has 1 aliphatic heterocycles. The first kappa shape index (κ1) is 42.3. The number of hydrogen-bond acceptors (Lipinski definition) is 18. The van der Waals surface area contributed by atoms with E-state index in [-0.39, 0.29) is 42.2 Å². The van der Waals surface area contributed by atoms with Gasteiger partial charge in [0.25, 0.3) is 0 Å². The second-order valence-corrected chi connectivity index (χ2v) is 15.9. The second-order valence-electron chi connectivity index (χ2n) is 11.7. The van der Waals surface area contributed by atoms with Crippen molar-refractivity contribution in [1.29, 1.82) is 0 Å². The summed E-state index contributed by atoms with van der Waals surface area (Å²) < 4.78 is 45.5. The molecule has 3 heterocycles. The predicted octanol–water partition coefficient (Wildman–Crippen LogP) is -1.73. The van der Waals surface area contributed by atoms with Crippen LogP contribution in [0.15, 0.2) is 12.7 Å². The van der Waals surface area contributed by atoms with Gasteiger partial charge in [-0.1, -0.05) is 25.6 Å². The average Bonchev–Trinajstić information content (AvgIpc) is 3.60. The molecule has 23 nitrogen and oxygen atoms in total. The lowest BCUT2D eigenvalue weighted by Crippen LogP contribution is -2.46. The minimum absolute atomic E-state index is 0.0375. The summed E-state index contributed by atoms with van der Waals surface area (Å²) in [5.41, 5.74) is 4.49. The third kappa shape index (κ3) is 11.7. The number of phosphoric acid groups is 2. The van der Waals surface area contributed by atoms with E-state index in [1.807, 2.05) is 0 Å². The summed E-state index contributed by atoms with van der Waals surface area (Å²) in [4.78, 5) is 78.8. The Hall–Kier alpha value is -3.12. The van der Waals surface area contributed by atoms with E-state index in [1.54, 1.807) is 0 Å². The highest BCUT2D eigenvalue weighted by Gasteiger charge is 2.46. The number of aromatic nitrogens is 4. The first-order valence-electron chi connectivity index (χ1n) is 14.9. The van der Waals surface area contributed by atoms with Crippen LogP contribution in [0.25, 0.3) is 11.2 Å². The van der Waals surface area contributed by atoms with Crippen LogP contribution in [0.3, 0.4) is 0 Å². The number of phosphoric ester groups is 2. The molecule has 2 aromatic rings. The summed E-state index contributed by atoms with van der Waals surface area (Å²) in [6, 6.07) is 0. The van der Waals surface area contributed by atoms with E-state index in [0.29, 0.717) is 0 Å². The molecular formula is C25H39N7O16P2S. The number of fused-ring (bicyclic) bond motifs is 1. The number of anilines is 1. The van der Waals surface area contributed by atoms with E-state index in [4.69, 9.17) is 24.6 Å². The normalized spacial score (nSPS) is 22.8. The molecular weight excluding hydrogens is 748 g/mol. The predicted molar refractivity (Wildman–Crippen MR) is 173 cm³/mol. The third-order valence-corrected chi connectivity index (χ3v) is 10.9. The van der Waals surface area contributed by atoms with Crippen LogP contribution in [-0.4, -0.2) is 129 Å². The molecule has 0 aliphatic carbocycles. The van der Waals surface area contributed by atoms with E-state index in [0.717, 1.165) is 18.1 Å². The van der Waals surface area contributed by atoms with Gasteiger partial charge in [-0.05, 0) is 6.92 Å². The van der Waals surface area contributed by atoms with Gasteiger partial charge in [-0.15, -0.1) is 0 Å². The number of imidazole rings is 1. The zero-order valence-electron chi connectivity index (χ0n) is 27.3. The number of nitrogens with two attached hydrogens (primary N) is 1. The Morgan fingerprint density at radius 3 is 2.41 bits per heavy atom. The molecule has 0 bridgehead atoms. The summed E-state index contributed by atoms with van der Waals surface area (Å²) >= 11 is 0.744. The van der Waals surface area contributed by atoms with Gasteiger partial charge in [-0.3, -0.25) is 32.8 Å². The molecule has 0 radical (unpaired) electrons. The Morgan fingerprint density at radius 1 is 1.08 bits per heavy atom. The second kappa shape index (κ2) is 17.6. The average molecular weight is 788 g/mol. The van der Waals surface area contributed by atoms with Crippen molar-refractivity contribution in [3.63, 3.8) is 0 Å². The van der Waals surface area contributed by atoms with Gasteiger partial charge in [0.05, 0.1) is 19.5 Å². The third-order valence-electron chi connectivity index (χ3n) is 7.24. The maximum absolute atomic E-state index is 12.5. The standard InChI is InChI=1S/C25H39N7O16P2S/c1-12(23(38)39)24(40)51-7-6-27-14(33)4-5-28-21(37)18(36)25(2,3)9-46-50(43,44)48-49(41,42)45-8-13-16(34)17(35)22(47-13)32-11-31-15-19(26)29-10-30-20(15)32/h10-13,16-18,22,34-36H,4-9H2,1-3H3,(H,27,33)(H,28,37)(H,38,39)(H,41,42)(H,43,44)(H2,26,29,30). The molecule has 10 N–H and O–H groups in total. The van der Waals surface area contributed by atoms with Crippen LogP contribution in [-0.2, 0) is 46.4 Å². The van der Waals surface area contributed by atoms with Gasteiger partial charge in [0, 0.05) is 30.7 Å². The molecule has 286 valence electrons. The number of thioether (sulfide) groups is 1. The van der Waals surface area contributed by atoms with Crippen molar-refractivity contribution in [2.75, 3.05) is 37.8 Å². The van der Waals surface area contributed by atoms with Gasteiger partial charge in [-0.25, -0.2) is 24.1 Å². The van der Waals surface area contributed by atoms with Gasteiger partial charge < -0.3 is 51.3 Å². The molecule has 51 heavy (non-hydrogen) atoms. The number of aliphatic hydroxyl groups excluding tert-OH is 3. The number of rotatable bonds is 19. The lowest BCUT2D eigenvalue weighted by atomic mass is 9.87. The largest absolute Gasteiger partial charge is 0.481 e. The van der Waals surface area contributed by atoms with Gasteiger partial charge in [-0.2, -0.15) is 4.31 Å². The molecule has 2 amide bonds. The highest BCUT2D eigenvalue weighted by molar-refractivity contribution is 8.13. The molecule has 3 rings (SSSR count). The molecule has 0 saturated carbocycles. The van der Waals surface area contributed by atoms with Crippen molar-refractivity contribution in [1.82, 2.24) is 30.2 Å². The van der Waals surface area contributed by atoms with Crippen LogP contribution >= 0.6 is 27.4 Å². The maximum atomic E-state index is 12.5. The lowest BCUT2D eigenvalue weighted by molar-refractivity contribution is -0.143. The number of nitrogen functional groups attached to an aromatic ring is 1. The first-order chi connectivity index (χ1) is 23.7. The van der Waals surface area contributed by atoms with E-state index >= 15 is 0 Å². The zero-order valence-corrected chi connectivity index (χ0v) is 29.9. The van der Waals surface area contributed by atoms with Crippen LogP contribution in [0.1, 0.15) is 33.4 Å². The number of carbonyl (C=O) groups excluding carboxylic acids is 3. The molecule has 0 spiro atoms. The number of hydrogen-bond donors (Lipinski definition) is 9. The number of carboxylic acids is 1. The molecule has 26 heteroatoms. The van der Waals surface area contributed by atoms with Crippen LogP contribution in [0.5, 0.6) is 0 Å². The quantitative estimate of drug-likeness (QED) is 0.0434. The number of nitrogens with zero attached hydrogens (tertiary/aromatic N) is 4. The van der Waals surface area contributed by atoms with Gasteiger partial charge in [0.2, 0.25) is 16.9 Å². The molecule has 8 unspecified atom stereocenters. The fraction of sp³-hybridized carbons (Fsp3) is 0.640. The van der Waals surface area contributed by atoms with E-state index in [9.17, 15) is 53.4 Å². The minimum atomic E-state index is -5.40. The Bertz CT molecular complexity index is 1680. The van der Waals surface area contributed by atoms with Crippen molar-refractivity contribution in [2.45, 2.75) is 57.8 Å². The Labute approximate surface area is 293 Å². The summed E-state index contributed by atoms with van der Waals surface area (Å²) in [6.07, 6.45) is -5.78. The Morgan fingerprint density at radius 2 is 1.75 bits per heavy atom. The molecule has 1 fully saturated rings. The van der Waals surface area contributed by atoms with E-state index < -0.39 is 93.7 Å². The Kier molecular flexibility index (Phi) is 14.6. The molecule has 2 aromatic heterocycles. The zero-order chi connectivity index (χ0) is 38.3. The van der Waals surface area contributed by atoms with E-state index in [2.05, 4.69) is 29.9 Å². The summed E-state index contributed by atoms with van der Waals surface area (Å²) in [5, 5.41) is 44.4. The van der Waals surface area contributed by atoms with Crippen molar-refractivity contribution in [3.8, 4) is 0 Å². The fourth-order valence-electron chi connectivity index (χ4n) is 4.23. The number of nitrogens with one attached hydrogen (secondary N) is 2. The highest BCUT2D eigenvalue weighted by atomic mass is 32.2. The number of aliphatic carboxylic acids is 1. The number of carboxylic acid groups (broad SMARTS) is 1. The van der Waals surface area contributed by atoms with Crippen LogP contribution < -0.4 is 16.4 Å².